The van der Waals surface area contributed by atoms with Crippen molar-refractivity contribution in [2.75, 3.05) is 6.54 Å². The van der Waals surface area contributed by atoms with Gasteiger partial charge >= 0.3 is 0 Å². The van der Waals surface area contributed by atoms with Crippen LogP contribution < -0.4 is 10.6 Å². The van der Waals surface area contributed by atoms with Crippen LogP contribution in [0, 0.1) is 11.6 Å². The van der Waals surface area contributed by atoms with Gasteiger partial charge in [-0.15, -0.1) is 0 Å². The van der Waals surface area contributed by atoms with E-state index in [2.05, 4.69) is 10.6 Å². The molecule has 26 heavy (non-hydrogen) atoms. The quantitative estimate of drug-likeness (QED) is 0.693. The number of para-hydroxylation sites is 1. The number of hydrogen-bond acceptors (Lipinski definition) is 3. The highest BCUT2D eigenvalue weighted by atomic mass is 19.2. The van der Waals surface area contributed by atoms with E-state index in [0.717, 1.165) is 23.1 Å². The normalized spacial score (nSPS) is 13.5. The van der Waals surface area contributed by atoms with Gasteiger partial charge in [-0.1, -0.05) is 24.3 Å². The Morgan fingerprint density at radius 1 is 1.04 bits per heavy atom. The maximum atomic E-state index is 13.3. The van der Waals surface area contributed by atoms with Crippen molar-refractivity contribution in [3.05, 3.63) is 71.5 Å². The van der Waals surface area contributed by atoms with Crippen LogP contribution >= 0.6 is 0 Å². The van der Waals surface area contributed by atoms with Crippen molar-refractivity contribution in [1.29, 1.82) is 0 Å². The molecule has 0 fully saturated rings. The zero-order chi connectivity index (χ0) is 18.7. The molecular formula is C20H20F2N2O2. The van der Waals surface area contributed by atoms with Crippen molar-refractivity contribution in [1.82, 2.24) is 10.6 Å². The number of nitrogens with one attached hydrogen (secondary N) is 2. The lowest BCUT2D eigenvalue weighted by Crippen LogP contribution is -2.36. The second kappa shape index (κ2) is 7.66. The van der Waals surface area contributed by atoms with Gasteiger partial charge in [0.05, 0.1) is 12.6 Å². The molecule has 3 aromatic rings. The Morgan fingerprint density at radius 2 is 1.81 bits per heavy atom. The number of benzene rings is 2. The summed E-state index contributed by atoms with van der Waals surface area (Å²) < 4.78 is 32.0. The first-order valence-electron chi connectivity index (χ1n) is 8.40. The SMILES string of the molecule is C[C@H](NCC(=O)N[C@@H](C)c1cc2ccccc2o1)c1ccc(F)c(F)c1. The van der Waals surface area contributed by atoms with Crippen LogP contribution in [0.4, 0.5) is 8.78 Å². The highest BCUT2D eigenvalue weighted by molar-refractivity contribution is 5.80. The predicted molar refractivity (Wildman–Crippen MR) is 95.5 cm³/mol. The van der Waals surface area contributed by atoms with Crippen LogP contribution in [0.2, 0.25) is 0 Å². The van der Waals surface area contributed by atoms with Gasteiger partial charge in [-0.2, -0.15) is 0 Å². The molecule has 0 radical (unpaired) electrons. The summed E-state index contributed by atoms with van der Waals surface area (Å²) in [6.07, 6.45) is 0. The van der Waals surface area contributed by atoms with Gasteiger partial charge in [0.2, 0.25) is 5.91 Å². The average Bonchev–Trinajstić information content (AvgIpc) is 3.06. The molecule has 0 aliphatic rings. The number of furan rings is 1. The fourth-order valence-electron chi connectivity index (χ4n) is 2.72. The molecule has 6 heteroatoms. The van der Waals surface area contributed by atoms with Gasteiger partial charge in [0.15, 0.2) is 11.6 Å². The molecule has 1 amide bonds. The Labute approximate surface area is 150 Å². The summed E-state index contributed by atoms with van der Waals surface area (Å²) in [5, 5.41) is 6.83. The topological polar surface area (TPSA) is 54.3 Å². The molecule has 2 atom stereocenters. The molecular weight excluding hydrogens is 338 g/mol. The molecule has 4 nitrogen and oxygen atoms in total. The average molecular weight is 358 g/mol. The van der Waals surface area contributed by atoms with Gasteiger partial charge in [-0.3, -0.25) is 4.79 Å². The van der Waals surface area contributed by atoms with Crippen molar-refractivity contribution in [3.8, 4) is 0 Å². The largest absolute Gasteiger partial charge is 0.459 e. The zero-order valence-electron chi connectivity index (χ0n) is 14.6. The van der Waals surface area contributed by atoms with Crippen molar-refractivity contribution >= 4 is 16.9 Å². The first kappa shape index (κ1) is 18.1. The second-order valence-corrected chi connectivity index (χ2v) is 6.25. The van der Waals surface area contributed by atoms with Crippen LogP contribution in [-0.2, 0) is 4.79 Å². The number of fused-ring (bicyclic) bond motifs is 1. The summed E-state index contributed by atoms with van der Waals surface area (Å²) in [5.41, 5.74) is 1.34. The third-order valence-corrected chi connectivity index (χ3v) is 4.26. The molecule has 0 unspecified atom stereocenters. The molecule has 0 bridgehead atoms. The van der Waals surface area contributed by atoms with Crippen LogP contribution in [0.1, 0.15) is 37.3 Å². The Bertz CT molecular complexity index is 890. The molecule has 0 saturated carbocycles. The van der Waals surface area contributed by atoms with Gasteiger partial charge in [0.25, 0.3) is 0 Å². The molecule has 1 heterocycles. The molecule has 2 aromatic carbocycles. The highest BCUT2D eigenvalue weighted by Crippen LogP contribution is 2.23. The standard InChI is InChI=1S/C20H20F2N2O2/c1-12(14-7-8-16(21)17(22)9-14)23-11-20(25)24-13(2)19-10-15-5-3-4-6-18(15)26-19/h3-10,12-13,23H,11H2,1-2H3,(H,24,25)/t12-,13-/m0/s1. The molecule has 0 aliphatic heterocycles. The summed E-state index contributed by atoms with van der Waals surface area (Å²) in [5.74, 6) is -1.34. The number of halogens is 2. The Kier molecular flexibility index (Phi) is 5.32. The van der Waals surface area contributed by atoms with Gasteiger partial charge in [0, 0.05) is 11.4 Å². The maximum Gasteiger partial charge on any atom is 0.234 e. The lowest BCUT2D eigenvalue weighted by Gasteiger charge is -2.16. The molecule has 136 valence electrons. The Balaban J connectivity index is 1.55. The van der Waals surface area contributed by atoms with E-state index in [1.54, 1.807) is 6.92 Å². The minimum Gasteiger partial charge on any atom is -0.459 e. The van der Waals surface area contributed by atoms with Gasteiger partial charge in [-0.05, 0) is 43.7 Å². The number of carbonyl (C=O) groups excluding carboxylic acids is 1. The number of hydrogen-bond donors (Lipinski definition) is 2. The van der Waals surface area contributed by atoms with Crippen LogP contribution in [0.25, 0.3) is 11.0 Å². The summed E-state index contributed by atoms with van der Waals surface area (Å²) in [7, 11) is 0. The summed E-state index contributed by atoms with van der Waals surface area (Å²) in [6.45, 7) is 3.67. The minimum atomic E-state index is -0.904. The van der Waals surface area contributed by atoms with Crippen LogP contribution in [0.3, 0.4) is 0 Å². The van der Waals surface area contributed by atoms with E-state index in [4.69, 9.17) is 4.42 Å². The van der Waals surface area contributed by atoms with E-state index in [-0.39, 0.29) is 24.5 Å². The van der Waals surface area contributed by atoms with Crippen LogP contribution in [-0.4, -0.2) is 12.5 Å². The lowest BCUT2D eigenvalue weighted by molar-refractivity contribution is -0.121. The van der Waals surface area contributed by atoms with Crippen molar-refractivity contribution < 1.29 is 18.0 Å². The van der Waals surface area contributed by atoms with Gasteiger partial charge in [0.1, 0.15) is 11.3 Å². The van der Waals surface area contributed by atoms with E-state index in [0.29, 0.717) is 11.3 Å². The highest BCUT2D eigenvalue weighted by Gasteiger charge is 2.15. The van der Waals surface area contributed by atoms with Crippen molar-refractivity contribution in [2.45, 2.75) is 25.9 Å². The third kappa shape index (κ3) is 4.08. The molecule has 2 N–H and O–H groups in total. The van der Waals surface area contributed by atoms with E-state index in [1.807, 2.05) is 37.3 Å². The first-order chi connectivity index (χ1) is 12.4. The molecule has 1 aromatic heterocycles. The second-order valence-electron chi connectivity index (χ2n) is 6.25. The molecule has 3 rings (SSSR count). The summed E-state index contributed by atoms with van der Waals surface area (Å²) in [6, 6.07) is 12.7. The van der Waals surface area contributed by atoms with E-state index >= 15 is 0 Å². The third-order valence-electron chi connectivity index (χ3n) is 4.26. The fraction of sp³-hybridized carbons (Fsp3) is 0.250. The first-order valence-corrected chi connectivity index (χ1v) is 8.40. The predicted octanol–water partition coefficient (Wildman–Crippen LogP) is 4.24. The van der Waals surface area contributed by atoms with Gasteiger partial charge in [-0.25, -0.2) is 8.78 Å². The maximum absolute atomic E-state index is 13.3. The fourth-order valence-corrected chi connectivity index (χ4v) is 2.72. The molecule has 0 spiro atoms. The minimum absolute atomic E-state index is 0.0464. The van der Waals surface area contributed by atoms with Crippen molar-refractivity contribution in [3.63, 3.8) is 0 Å². The molecule has 0 saturated heterocycles. The van der Waals surface area contributed by atoms with Crippen LogP contribution in [0.15, 0.2) is 52.9 Å². The number of carbonyl (C=O) groups is 1. The van der Waals surface area contributed by atoms with Gasteiger partial charge < -0.3 is 15.1 Å². The zero-order valence-corrected chi connectivity index (χ0v) is 14.6. The molecule has 0 aliphatic carbocycles. The Hall–Kier alpha value is -2.73. The number of rotatable bonds is 6. The smallest absolute Gasteiger partial charge is 0.234 e. The van der Waals surface area contributed by atoms with Crippen molar-refractivity contribution in [2.24, 2.45) is 0 Å². The number of amides is 1. The summed E-state index contributed by atoms with van der Waals surface area (Å²) >= 11 is 0. The van der Waals surface area contributed by atoms with E-state index in [1.165, 1.54) is 6.07 Å². The van der Waals surface area contributed by atoms with E-state index < -0.39 is 11.6 Å². The monoisotopic (exact) mass is 358 g/mol. The van der Waals surface area contributed by atoms with E-state index in [9.17, 15) is 13.6 Å². The summed E-state index contributed by atoms with van der Waals surface area (Å²) in [4.78, 5) is 12.1. The van der Waals surface area contributed by atoms with Crippen LogP contribution in [0.5, 0.6) is 0 Å². The Morgan fingerprint density at radius 3 is 2.54 bits per heavy atom. The lowest BCUT2D eigenvalue weighted by atomic mass is 10.1.